The second-order valence-corrected chi connectivity index (χ2v) is 8.40. The molecule has 1 N–H and O–H groups in total. The number of nitrogens with zero attached hydrogens (tertiary/aromatic N) is 1. The van der Waals surface area contributed by atoms with E-state index >= 15 is 0 Å². The first-order valence-electron chi connectivity index (χ1n) is 8.00. The lowest BCUT2D eigenvalue weighted by Crippen LogP contribution is -2.55. The summed E-state index contributed by atoms with van der Waals surface area (Å²) >= 11 is 5.97. The summed E-state index contributed by atoms with van der Waals surface area (Å²) in [6.07, 6.45) is -0.318. The van der Waals surface area contributed by atoms with Gasteiger partial charge in [-0.1, -0.05) is 11.6 Å². The molecule has 1 aliphatic rings. The Morgan fingerprint density at radius 3 is 2.70 bits per heavy atom. The van der Waals surface area contributed by atoms with E-state index in [9.17, 15) is 13.2 Å². The van der Waals surface area contributed by atoms with Gasteiger partial charge in [0.2, 0.25) is 10.0 Å². The number of hydrogen-bond acceptors (Lipinski definition) is 6. The first kappa shape index (κ1) is 17.9. The summed E-state index contributed by atoms with van der Waals surface area (Å²) in [5, 5.41) is 0.496. The van der Waals surface area contributed by atoms with Crippen LogP contribution in [0.2, 0.25) is 5.02 Å². The van der Waals surface area contributed by atoms with E-state index in [2.05, 4.69) is 4.98 Å². The van der Waals surface area contributed by atoms with E-state index in [0.29, 0.717) is 22.0 Å². The van der Waals surface area contributed by atoms with Gasteiger partial charge >= 0.3 is 5.76 Å². The molecular weight excluding hydrogens is 396 g/mol. The van der Waals surface area contributed by atoms with Crippen molar-refractivity contribution in [3.8, 4) is 11.5 Å². The van der Waals surface area contributed by atoms with Crippen LogP contribution in [-0.4, -0.2) is 44.0 Å². The summed E-state index contributed by atoms with van der Waals surface area (Å²) < 4.78 is 42.7. The van der Waals surface area contributed by atoms with E-state index in [1.807, 2.05) is 0 Å². The molecule has 1 fully saturated rings. The van der Waals surface area contributed by atoms with Gasteiger partial charge in [0.1, 0.15) is 6.10 Å². The number of oxazole rings is 1. The van der Waals surface area contributed by atoms with Gasteiger partial charge in [-0.05, 0) is 24.3 Å². The van der Waals surface area contributed by atoms with Crippen molar-refractivity contribution in [2.75, 3.05) is 20.2 Å². The topological polar surface area (TPSA) is 102 Å². The third-order valence-corrected chi connectivity index (χ3v) is 6.33. The molecule has 2 aromatic carbocycles. The number of ether oxygens (including phenoxy) is 2. The summed E-state index contributed by atoms with van der Waals surface area (Å²) in [6.45, 7) is 0.375. The van der Waals surface area contributed by atoms with Crippen molar-refractivity contribution in [1.29, 1.82) is 0 Å². The van der Waals surface area contributed by atoms with Crippen molar-refractivity contribution in [3.63, 3.8) is 0 Å². The van der Waals surface area contributed by atoms with Gasteiger partial charge in [0.05, 0.1) is 30.6 Å². The van der Waals surface area contributed by atoms with Gasteiger partial charge in [0, 0.05) is 17.2 Å². The van der Waals surface area contributed by atoms with E-state index < -0.39 is 15.8 Å². The fourth-order valence-electron chi connectivity index (χ4n) is 2.83. The number of methoxy groups -OCH3 is 1. The van der Waals surface area contributed by atoms with Crippen molar-refractivity contribution >= 4 is 32.7 Å². The van der Waals surface area contributed by atoms with Crippen LogP contribution in [0.25, 0.3) is 11.1 Å². The van der Waals surface area contributed by atoms with Crippen molar-refractivity contribution in [1.82, 2.24) is 9.29 Å². The molecule has 0 bridgehead atoms. The van der Waals surface area contributed by atoms with Crippen LogP contribution >= 0.6 is 11.6 Å². The SMILES string of the molecule is COc1ccc(Cl)cc1OC1CN(S(=O)(=O)c2ccc3[nH]c(=O)oc3c2)C1. The number of rotatable bonds is 5. The van der Waals surface area contributed by atoms with Crippen LogP contribution in [0.1, 0.15) is 0 Å². The van der Waals surface area contributed by atoms with Gasteiger partial charge < -0.3 is 13.9 Å². The standard InChI is InChI=1S/C17H15ClN2O6S/c1-24-14-5-2-10(18)6-16(14)25-11-8-20(9-11)27(22,23)12-3-4-13-15(7-12)26-17(21)19-13/h2-7,11H,8-9H2,1H3,(H,19,21). The minimum atomic E-state index is -3.71. The Hall–Kier alpha value is -2.49. The van der Waals surface area contributed by atoms with Crippen LogP contribution in [0, 0.1) is 0 Å². The lowest BCUT2D eigenvalue weighted by Gasteiger charge is -2.37. The molecule has 3 aromatic rings. The Kier molecular flexibility index (Phi) is 4.37. The zero-order chi connectivity index (χ0) is 19.2. The largest absolute Gasteiger partial charge is 0.493 e. The van der Waals surface area contributed by atoms with Crippen molar-refractivity contribution in [2.45, 2.75) is 11.0 Å². The van der Waals surface area contributed by atoms with E-state index in [1.54, 1.807) is 18.2 Å². The highest BCUT2D eigenvalue weighted by molar-refractivity contribution is 7.89. The highest BCUT2D eigenvalue weighted by atomic mass is 35.5. The lowest BCUT2D eigenvalue weighted by atomic mass is 10.2. The quantitative estimate of drug-likeness (QED) is 0.692. The van der Waals surface area contributed by atoms with Crippen LogP contribution in [0.15, 0.2) is 50.5 Å². The molecule has 0 radical (unpaired) electrons. The molecule has 1 aromatic heterocycles. The maximum absolute atomic E-state index is 12.7. The normalized spacial score (nSPS) is 15.6. The summed E-state index contributed by atoms with van der Waals surface area (Å²) in [5.41, 5.74) is 0.634. The molecule has 0 atom stereocenters. The van der Waals surface area contributed by atoms with Crippen LogP contribution in [0.5, 0.6) is 11.5 Å². The minimum Gasteiger partial charge on any atom is -0.493 e. The molecule has 0 amide bonds. The molecule has 0 unspecified atom stereocenters. The van der Waals surface area contributed by atoms with E-state index in [-0.39, 0.29) is 29.7 Å². The van der Waals surface area contributed by atoms with Crippen LogP contribution < -0.4 is 15.2 Å². The van der Waals surface area contributed by atoms with Gasteiger partial charge in [-0.15, -0.1) is 0 Å². The molecule has 27 heavy (non-hydrogen) atoms. The number of aromatic amines is 1. The molecule has 1 saturated heterocycles. The first-order chi connectivity index (χ1) is 12.9. The molecule has 10 heteroatoms. The Bertz CT molecular complexity index is 1160. The molecule has 0 spiro atoms. The molecule has 0 saturated carbocycles. The summed E-state index contributed by atoms with van der Waals surface area (Å²) in [7, 11) is -2.20. The van der Waals surface area contributed by atoms with Crippen molar-refractivity contribution < 1.29 is 22.3 Å². The smallest absolute Gasteiger partial charge is 0.417 e. The molecular formula is C17H15ClN2O6S. The fraction of sp³-hybridized carbons (Fsp3) is 0.235. The summed E-state index contributed by atoms with van der Waals surface area (Å²) in [4.78, 5) is 13.7. The maximum Gasteiger partial charge on any atom is 0.417 e. The third kappa shape index (κ3) is 3.29. The molecule has 0 aliphatic carbocycles. The Morgan fingerprint density at radius 2 is 1.96 bits per heavy atom. The fourth-order valence-corrected chi connectivity index (χ4v) is 4.51. The Morgan fingerprint density at radius 1 is 1.19 bits per heavy atom. The van der Waals surface area contributed by atoms with E-state index in [1.165, 1.54) is 29.6 Å². The minimum absolute atomic E-state index is 0.0523. The number of nitrogens with one attached hydrogen (secondary N) is 1. The summed E-state index contributed by atoms with van der Waals surface area (Å²) in [5.74, 6) is 0.351. The number of sulfonamides is 1. The van der Waals surface area contributed by atoms with Crippen molar-refractivity contribution in [3.05, 3.63) is 52.0 Å². The number of fused-ring (bicyclic) bond motifs is 1. The molecule has 142 valence electrons. The van der Waals surface area contributed by atoms with Gasteiger partial charge in [0.25, 0.3) is 0 Å². The molecule has 1 aliphatic heterocycles. The average molecular weight is 411 g/mol. The number of H-pyrrole nitrogens is 1. The van der Waals surface area contributed by atoms with Crippen molar-refractivity contribution in [2.24, 2.45) is 0 Å². The predicted octanol–water partition coefficient (Wildman–Crippen LogP) is 2.23. The highest BCUT2D eigenvalue weighted by Gasteiger charge is 2.38. The van der Waals surface area contributed by atoms with Gasteiger partial charge in [-0.3, -0.25) is 4.98 Å². The number of hydrogen-bond donors (Lipinski definition) is 1. The Labute approximate surface area is 159 Å². The number of halogens is 1. The zero-order valence-electron chi connectivity index (χ0n) is 14.1. The van der Waals surface area contributed by atoms with Crippen LogP contribution in [0.4, 0.5) is 0 Å². The van der Waals surface area contributed by atoms with E-state index in [0.717, 1.165) is 0 Å². The average Bonchev–Trinajstić information content (AvgIpc) is 2.96. The molecule has 4 rings (SSSR count). The number of aromatic nitrogens is 1. The monoisotopic (exact) mass is 410 g/mol. The van der Waals surface area contributed by atoms with Crippen LogP contribution in [0.3, 0.4) is 0 Å². The van der Waals surface area contributed by atoms with Gasteiger partial charge in [-0.25, -0.2) is 13.2 Å². The van der Waals surface area contributed by atoms with Crippen LogP contribution in [-0.2, 0) is 10.0 Å². The molecule has 8 nitrogen and oxygen atoms in total. The zero-order valence-corrected chi connectivity index (χ0v) is 15.7. The number of benzene rings is 2. The van der Waals surface area contributed by atoms with Gasteiger partial charge in [-0.2, -0.15) is 4.31 Å². The van der Waals surface area contributed by atoms with E-state index in [4.69, 9.17) is 25.5 Å². The first-order valence-corrected chi connectivity index (χ1v) is 9.82. The predicted molar refractivity (Wildman–Crippen MR) is 98.0 cm³/mol. The second kappa shape index (κ2) is 6.59. The highest BCUT2D eigenvalue weighted by Crippen LogP contribution is 2.33. The summed E-state index contributed by atoms with van der Waals surface area (Å²) in [6, 6.07) is 9.25. The third-order valence-electron chi connectivity index (χ3n) is 4.26. The van der Waals surface area contributed by atoms with Gasteiger partial charge in [0.15, 0.2) is 17.1 Å². The second-order valence-electron chi connectivity index (χ2n) is 6.03. The molecule has 2 heterocycles. The Balaban J connectivity index is 1.49. The maximum atomic E-state index is 12.7. The lowest BCUT2D eigenvalue weighted by molar-refractivity contribution is 0.0736.